The average molecular weight is 340 g/mol. The molecule has 0 N–H and O–H groups in total. The molecule has 2 heterocycles. The zero-order valence-electron chi connectivity index (χ0n) is 12.7. The van der Waals surface area contributed by atoms with Gasteiger partial charge in [0.05, 0.1) is 37.3 Å². The van der Waals surface area contributed by atoms with E-state index in [2.05, 4.69) is 4.98 Å². The Kier molecular flexibility index (Phi) is 4.57. The molecule has 0 saturated heterocycles. The van der Waals surface area contributed by atoms with Crippen LogP contribution in [0.25, 0.3) is 0 Å². The second-order valence-corrected chi connectivity index (χ2v) is 5.42. The van der Waals surface area contributed by atoms with E-state index in [1.54, 1.807) is 18.2 Å². The van der Waals surface area contributed by atoms with Crippen molar-refractivity contribution in [3.05, 3.63) is 57.8 Å². The second kappa shape index (κ2) is 6.64. The number of hydrogen-bond acceptors (Lipinski definition) is 4. The van der Waals surface area contributed by atoms with E-state index in [4.69, 9.17) is 9.47 Å². The maximum Gasteiger partial charge on any atom is 0.422 e. The highest BCUT2D eigenvalue weighted by Gasteiger charge is 2.28. The fourth-order valence-corrected chi connectivity index (χ4v) is 2.50. The van der Waals surface area contributed by atoms with Gasteiger partial charge in [-0.3, -0.25) is 9.36 Å². The molecule has 1 aliphatic rings. The molecule has 128 valence electrons. The summed E-state index contributed by atoms with van der Waals surface area (Å²) < 4.78 is 48.5. The summed E-state index contributed by atoms with van der Waals surface area (Å²) in [5, 5.41) is 0. The fourth-order valence-electron chi connectivity index (χ4n) is 2.50. The lowest BCUT2D eigenvalue weighted by Crippen LogP contribution is -2.30. The molecule has 24 heavy (non-hydrogen) atoms. The maximum absolute atomic E-state index is 12.5. The van der Waals surface area contributed by atoms with Crippen molar-refractivity contribution in [3.8, 4) is 5.75 Å². The molecular formula is C16H15F3N2O3. The van der Waals surface area contributed by atoms with E-state index in [1.165, 1.54) is 17.0 Å². The highest BCUT2D eigenvalue weighted by Crippen LogP contribution is 2.22. The van der Waals surface area contributed by atoms with Crippen molar-refractivity contribution in [1.29, 1.82) is 0 Å². The smallest absolute Gasteiger partial charge is 0.422 e. The van der Waals surface area contributed by atoms with Crippen LogP contribution in [-0.2, 0) is 24.3 Å². The van der Waals surface area contributed by atoms with Gasteiger partial charge in [0.1, 0.15) is 5.75 Å². The zero-order valence-corrected chi connectivity index (χ0v) is 12.7. The summed E-state index contributed by atoms with van der Waals surface area (Å²) in [4.78, 5) is 16.7. The van der Waals surface area contributed by atoms with Gasteiger partial charge in [0.15, 0.2) is 6.61 Å². The van der Waals surface area contributed by atoms with Gasteiger partial charge in [0.25, 0.3) is 5.56 Å². The Balaban J connectivity index is 1.85. The van der Waals surface area contributed by atoms with Crippen molar-refractivity contribution in [3.63, 3.8) is 0 Å². The molecule has 3 rings (SSSR count). The molecule has 0 bridgehead atoms. The number of benzene rings is 1. The van der Waals surface area contributed by atoms with Crippen molar-refractivity contribution in [1.82, 2.24) is 9.55 Å². The molecule has 1 aliphatic heterocycles. The van der Waals surface area contributed by atoms with Gasteiger partial charge in [-0.1, -0.05) is 18.2 Å². The van der Waals surface area contributed by atoms with Gasteiger partial charge in [0.2, 0.25) is 0 Å². The molecule has 0 amide bonds. The normalized spacial score (nSPS) is 14.3. The standard InChI is InChI=1S/C16H15F3N2O3/c17-16(18,19)9-24-14-4-2-1-3-11(14)7-21-10-20-13-5-6-23-8-12(13)15(21)22/h1-4,10H,5-9H2. The minimum absolute atomic E-state index is 0.0765. The minimum atomic E-state index is -4.42. The molecule has 0 saturated carbocycles. The van der Waals surface area contributed by atoms with Crippen LogP contribution >= 0.6 is 0 Å². The van der Waals surface area contributed by atoms with Crippen molar-refractivity contribution in [2.45, 2.75) is 25.7 Å². The third-order valence-electron chi connectivity index (χ3n) is 3.65. The van der Waals surface area contributed by atoms with Crippen LogP contribution in [0.4, 0.5) is 13.2 Å². The zero-order chi connectivity index (χ0) is 17.2. The predicted octanol–water partition coefficient (Wildman–Crippen LogP) is 2.31. The van der Waals surface area contributed by atoms with Crippen molar-refractivity contribution >= 4 is 0 Å². The highest BCUT2D eigenvalue weighted by molar-refractivity contribution is 5.33. The van der Waals surface area contributed by atoms with E-state index in [9.17, 15) is 18.0 Å². The summed E-state index contributed by atoms with van der Waals surface area (Å²) in [7, 11) is 0. The van der Waals surface area contributed by atoms with Crippen LogP contribution in [0.2, 0.25) is 0 Å². The molecule has 2 aromatic rings. The van der Waals surface area contributed by atoms with E-state index >= 15 is 0 Å². The van der Waals surface area contributed by atoms with Crippen LogP contribution in [0.15, 0.2) is 35.4 Å². The van der Waals surface area contributed by atoms with Gasteiger partial charge >= 0.3 is 6.18 Å². The quantitative estimate of drug-likeness (QED) is 0.857. The van der Waals surface area contributed by atoms with Crippen LogP contribution < -0.4 is 10.3 Å². The summed E-state index contributed by atoms with van der Waals surface area (Å²) in [5.74, 6) is 0.0932. The molecule has 0 atom stereocenters. The number of aromatic nitrogens is 2. The highest BCUT2D eigenvalue weighted by atomic mass is 19.4. The van der Waals surface area contributed by atoms with E-state index in [-0.39, 0.29) is 24.5 Å². The third kappa shape index (κ3) is 3.76. The van der Waals surface area contributed by atoms with E-state index < -0.39 is 12.8 Å². The Morgan fingerprint density at radius 1 is 1.29 bits per heavy atom. The van der Waals surface area contributed by atoms with E-state index in [0.29, 0.717) is 29.8 Å². The lowest BCUT2D eigenvalue weighted by Gasteiger charge is -2.17. The molecule has 5 nitrogen and oxygen atoms in total. The van der Waals surface area contributed by atoms with E-state index in [0.717, 1.165) is 0 Å². The Labute approximate surface area is 135 Å². The van der Waals surface area contributed by atoms with Gasteiger partial charge in [-0.15, -0.1) is 0 Å². The Morgan fingerprint density at radius 3 is 2.88 bits per heavy atom. The number of fused-ring (bicyclic) bond motifs is 1. The van der Waals surface area contributed by atoms with E-state index in [1.807, 2.05) is 0 Å². The number of para-hydroxylation sites is 1. The molecule has 0 fully saturated rings. The lowest BCUT2D eigenvalue weighted by molar-refractivity contribution is -0.153. The van der Waals surface area contributed by atoms with Gasteiger partial charge in [-0.05, 0) is 6.07 Å². The first-order chi connectivity index (χ1) is 11.4. The summed E-state index contributed by atoms with van der Waals surface area (Å²) in [5.41, 5.74) is 1.44. The van der Waals surface area contributed by atoms with Crippen molar-refractivity contribution in [2.75, 3.05) is 13.2 Å². The van der Waals surface area contributed by atoms with Crippen molar-refractivity contribution < 1.29 is 22.6 Å². The molecular weight excluding hydrogens is 325 g/mol. The second-order valence-electron chi connectivity index (χ2n) is 5.42. The summed E-state index contributed by atoms with van der Waals surface area (Å²) in [6.45, 7) is -0.575. The molecule has 0 unspecified atom stereocenters. The molecule has 0 radical (unpaired) electrons. The third-order valence-corrected chi connectivity index (χ3v) is 3.65. The van der Waals surface area contributed by atoms with Gasteiger partial charge in [-0.2, -0.15) is 13.2 Å². The lowest BCUT2D eigenvalue weighted by atomic mass is 10.1. The summed E-state index contributed by atoms with van der Waals surface area (Å²) in [6.07, 6.45) is -2.43. The number of rotatable bonds is 4. The van der Waals surface area contributed by atoms with Crippen molar-refractivity contribution in [2.24, 2.45) is 0 Å². The molecule has 1 aromatic carbocycles. The van der Waals surface area contributed by atoms with Crippen LogP contribution in [-0.4, -0.2) is 28.9 Å². The summed E-state index contributed by atoms with van der Waals surface area (Å²) in [6, 6.07) is 6.32. The first-order valence-corrected chi connectivity index (χ1v) is 7.36. The number of halogens is 3. The molecule has 8 heteroatoms. The van der Waals surface area contributed by atoms with Crippen LogP contribution in [0.3, 0.4) is 0 Å². The Bertz CT molecular complexity index is 787. The van der Waals surface area contributed by atoms with Crippen LogP contribution in [0.5, 0.6) is 5.75 Å². The Hall–Kier alpha value is -2.35. The molecule has 0 spiro atoms. The SMILES string of the molecule is O=c1c2c(ncn1Cc1ccccc1OCC(F)(F)F)CCOC2. The topological polar surface area (TPSA) is 53.4 Å². The number of nitrogens with zero attached hydrogens (tertiary/aromatic N) is 2. The van der Waals surface area contributed by atoms with Crippen LogP contribution in [0, 0.1) is 0 Å². The monoisotopic (exact) mass is 340 g/mol. The van der Waals surface area contributed by atoms with Gasteiger partial charge < -0.3 is 9.47 Å². The summed E-state index contributed by atoms with van der Waals surface area (Å²) >= 11 is 0. The number of alkyl halides is 3. The maximum atomic E-state index is 12.5. The fraction of sp³-hybridized carbons (Fsp3) is 0.375. The number of ether oxygens (including phenoxy) is 2. The molecule has 1 aromatic heterocycles. The van der Waals surface area contributed by atoms with Crippen LogP contribution in [0.1, 0.15) is 16.8 Å². The Morgan fingerprint density at radius 2 is 2.08 bits per heavy atom. The minimum Gasteiger partial charge on any atom is -0.484 e. The average Bonchev–Trinajstić information content (AvgIpc) is 2.56. The van der Waals surface area contributed by atoms with Gasteiger partial charge in [0, 0.05) is 12.0 Å². The first-order valence-electron chi connectivity index (χ1n) is 7.36. The number of hydrogen-bond donors (Lipinski definition) is 0. The largest absolute Gasteiger partial charge is 0.484 e. The molecule has 0 aliphatic carbocycles. The van der Waals surface area contributed by atoms with Gasteiger partial charge in [-0.25, -0.2) is 4.98 Å². The predicted molar refractivity (Wildman–Crippen MR) is 79.0 cm³/mol. The first kappa shape index (κ1) is 16.5.